The molecule has 1 N–H and O–H groups in total. The van der Waals surface area contributed by atoms with E-state index >= 15 is 0 Å². The molecule has 1 aromatic heterocycles. The number of carbonyl (C=O) groups is 2. The van der Waals surface area contributed by atoms with Crippen molar-refractivity contribution in [1.82, 2.24) is 15.5 Å². The van der Waals surface area contributed by atoms with Crippen molar-refractivity contribution in [3.05, 3.63) is 83.5 Å². The maximum Gasteiger partial charge on any atom is 0.408 e. The summed E-state index contributed by atoms with van der Waals surface area (Å²) in [5.41, 5.74) is 1.72. The summed E-state index contributed by atoms with van der Waals surface area (Å²) in [7, 11) is 0. The average Bonchev–Trinajstić information content (AvgIpc) is 3.25. The van der Waals surface area contributed by atoms with Gasteiger partial charge >= 0.3 is 12.1 Å². The van der Waals surface area contributed by atoms with Gasteiger partial charge in [-0.1, -0.05) is 72.7 Å². The van der Waals surface area contributed by atoms with Crippen LogP contribution < -0.4 is 5.32 Å². The van der Waals surface area contributed by atoms with Gasteiger partial charge in [-0.15, -0.1) is 0 Å². The number of nitrogens with zero attached hydrogens (tertiary/aromatic N) is 2. The van der Waals surface area contributed by atoms with Gasteiger partial charge < -0.3 is 19.3 Å². The minimum atomic E-state index is -0.927. The van der Waals surface area contributed by atoms with Crippen molar-refractivity contribution in [2.75, 3.05) is 0 Å². The number of amides is 1. The Balaban J connectivity index is 1.59. The third-order valence-electron chi connectivity index (χ3n) is 4.39. The maximum absolute atomic E-state index is 12.7. The van der Waals surface area contributed by atoms with Gasteiger partial charge in [0.05, 0.1) is 0 Å². The molecule has 1 amide bonds. The lowest BCUT2D eigenvalue weighted by Crippen LogP contribution is -2.43. The number of benzene rings is 2. The van der Waals surface area contributed by atoms with Crippen LogP contribution in [0.5, 0.6) is 0 Å². The smallest absolute Gasteiger partial charge is 0.408 e. The van der Waals surface area contributed by atoms with Gasteiger partial charge in [-0.05, 0) is 17.5 Å². The molecule has 0 saturated carbocycles. The summed E-state index contributed by atoms with van der Waals surface area (Å²) in [6, 6.07) is 17.7. The Morgan fingerprint density at radius 3 is 2.32 bits per heavy atom. The van der Waals surface area contributed by atoms with Gasteiger partial charge in [0.2, 0.25) is 0 Å². The van der Waals surface area contributed by atoms with E-state index in [1.54, 1.807) is 0 Å². The summed E-state index contributed by atoms with van der Waals surface area (Å²) in [5, 5.41) is 6.43. The Hall–Kier alpha value is -3.68. The summed E-state index contributed by atoms with van der Waals surface area (Å²) in [4.78, 5) is 29.1. The van der Waals surface area contributed by atoms with E-state index < -0.39 is 18.1 Å². The number of hydrogen-bond acceptors (Lipinski definition) is 7. The van der Waals surface area contributed by atoms with E-state index in [1.165, 1.54) is 0 Å². The van der Waals surface area contributed by atoms with Gasteiger partial charge in [0.15, 0.2) is 12.4 Å². The molecule has 0 aliphatic rings. The molecule has 31 heavy (non-hydrogen) atoms. The highest BCUT2D eigenvalue weighted by Crippen LogP contribution is 2.08. The van der Waals surface area contributed by atoms with Gasteiger partial charge in [-0.2, -0.15) is 4.98 Å². The van der Waals surface area contributed by atoms with Crippen LogP contribution in [-0.2, 0) is 40.3 Å². The van der Waals surface area contributed by atoms with Crippen molar-refractivity contribution < 1.29 is 23.6 Å². The van der Waals surface area contributed by atoms with Crippen LogP contribution in [0.25, 0.3) is 0 Å². The Labute approximate surface area is 180 Å². The van der Waals surface area contributed by atoms with Crippen LogP contribution in [0, 0.1) is 0 Å². The van der Waals surface area contributed by atoms with Crippen molar-refractivity contribution in [1.29, 1.82) is 0 Å². The second kappa shape index (κ2) is 11.5. The molecule has 0 fully saturated rings. The zero-order chi connectivity index (χ0) is 21.9. The molecule has 0 aliphatic carbocycles. The molecule has 8 nitrogen and oxygen atoms in total. The first kappa shape index (κ1) is 22.0. The second-order valence-corrected chi connectivity index (χ2v) is 6.91. The molecule has 0 bridgehead atoms. The standard InChI is InChI=1S/C23H25N3O5/c1-2-9-20-25-21(31-26-20)16-29-22(27)19(14-17-10-5-3-6-11-17)24-23(28)30-15-18-12-7-4-8-13-18/h3-8,10-13,19H,2,9,14-16H2,1H3,(H,24,28)/t19-/m0/s1. The van der Waals surface area contributed by atoms with Gasteiger partial charge in [-0.3, -0.25) is 0 Å². The van der Waals surface area contributed by atoms with Gasteiger partial charge in [-0.25, -0.2) is 9.59 Å². The number of aryl methyl sites for hydroxylation is 1. The zero-order valence-electron chi connectivity index (χ0n) is 17.3. The molecule has 1 atom stereocenters. The van der Waals surface area contributed by atoms with Crippen LogP contribution >= 0.6 is 0 Å². The number of hydrogen-bond donors (Lipinski definition) is 1. The molecule has 0 aliphatic heterocycles. The van der Waals surface area contributed by atoms with Gasteiger partial charge in [0.1, 0.15) is 12.6 Å². The fourth-order valence-electron chi connectivity index (χ4n) is 2.86. The highest BCUT2D eigenvalue weighted by Gasteiger charge is 2.24. The highest BCUT2D eigenvalue weighted by atomic mass is 16.6. The van der Waals surface area contributed by atoms with E-state index in [1.807, 2.05) is 67.6 Å². The molecule has 0 saturated heterocycles. The fraction of sp³-hybridized carbons (Fsp3) is 0.304. The quantitative estimate of drug-likeness (QED) is 0.497. The molecule has 3 rings (SSSR count). The Kier molecular flexibility index (Phi) is 8.16. The lowest BCUT2D eigenvalue weighted by atomic mass is 10.1. The van der Waals surface area contributed by atoms with Crippen LogP contribution in [-0.4, -0.2) is 28.2 Å². The normalized spacial score (nSPS) is 11.5. The maximum atomic E-state index is 12.7. The number of alkyl carbamates (subject to hydrolysis) is 1. The number of ether oxygens (including phenoxy) is 2. The van der Waals surface area contributed by atoms with Crippen LogP contribution in [0.1, 0.15) is 36.2 Å². The highest BCUT2D eigenvalue weighted by molar-refractivity contribution is 5.81. The van der Waals surface area contributed by atoms with Crippen molar-refractivity contribution in [3.63, 3.8) is 0 Å². The van der Waals surface area contributed by atoms with Crippen LogP contribution in [0.2, 0.25) is 0 Å². The first-order valence-electron chi connectivity index (χ1n) is 10.1. The predicted molar refractivity (Wildman–Crippen MR) is 112 cm³/mol. The van der Waals surface area contributed by atoms with E-state index in [0.29, 0.717) is 12.2 Å². The van der Waals surface area contributed by atoms with E-state index in [9.17, 15) is 9.59 Å². The molecule has 2 aromatic carbocycles. The van der Waals surface area contributed by atoms with E-state index in [4.69, 9.17) is 14.0 Å². The number of esters is 1. The zero-order valence-corrected chi connectivity index (χ0v) is 17.3. The van der Waals surface area contributed by atoms with E-state index in [0.717, 1.165) is 17.5 Å². The minimum absolute atomic E-state index is 0.0992. The van der Waals surface area contributed by atoms with Crippen LogP contribution in [0.15, 0.2) is 65.2 Å². The van der Waals surface area contributed by atoms with Crippen molar-refractivity contribution in [2.45, 2.75) is 45.4 Å². The van der Waals surface area contributed by atoms with E-state index in [-0.39, 0.29) is 25.5 Å². The molecule has 0 unspecified atom stereocenters. The molecule has 1 heterocycles. The first-order chi connectivity index (χ1) is 15.1. The van der Waals surface area contributed by atoms with E-state index in [2.05, 4.69) is 15.5 Å². The number of aromatic nitrogens is 2. The Morgan fingerprint density at radius 2 is 1.65 bits per heavy atom. The third kappa shape index (κ3) is 7.26. The van der Waals surface area contributed by atoms with Gasteiger partial charge in [0.25, 0.3) is 5.89 Å². The molecule has 8 heteroatoms. The third-order valence-corrected chi connectivity index (χ3v) is 4.39. The average molecular weight is 423 g/mol. The number of rotatable bonds is 10. The van der Waals surface area contributed by atoms with Crippen LogP contribution in [0.3, 0.4) is 0 Å². The SMILES string of the molecule is CCCc1noc(COC(=O)[C@H](Cc2ccccc2)NC(=O)OCc2ccccc2)n1. The Morgan fingerprint density at radius 1 is 0.968 bits per heavy atom. The van der Waals surface area contributed by atoms with Gasteiger partial charge in [0, 0.05) is 12.8 Å². The molecular formula is C23H25N3O5. The topological polar surface area (TPSA) is 104 Å². The van der Waals surface area contributed by atoms with Crippen molar-refractivity contribution in [3.8, 4) is 0 Å². The first-order valence-corrected chi connectivity index (χ1v) is 10.1. The fourth-order valence-corrected chi connectivity index (χ4v) is 2.86. The lowest BCUT2D eigenvalue weighted by Gasteiger charge is -2.17. The van der Waals surface area contributed by atoms with Crippen LogP contribution in [0.4, 0.5) is 4.79 Å². The molecular weight excluding hydrogens is 398 g/mol. The summed E-state index contributed by atoms with van der Waals surface area (Å²) in [6.07, 6.45) is 1.12. The molecule has 162 valence electrons. The second-order valence-electron chi connectivity index (χ2n) is 6.91. The number of carbonyl (C=O) groups excluding carboxylic acids is 2. The Bertz CT molecular complexity index is 960. The molecule has 0 spiro atoms. The monoisotopic (exact) mass is 423 g/mol. The summed E-state index contributed by atoms with van der Waals surface area (Å²) < 4.78 is 15.6. The molecule has 0 radical (unpaired) electrons. The molecule has 3 aromatic rings. The lowest BCUT2D eigenvalue weighted by molar-refractivity contribution is -0.148. The summed E-state index contributed by atoms with van der Waals surface area (Å²) in [5.74, 6) is 0.162. The van der Waals surface area contributed by atoms with Crippen molar-refractivity contribution in [2.24, 2.45) is 0 Å². The predicted octanol–water partition coefficient (Wildman–Crippen LogP) is 3.60. The summed E-state index contributed by atoms with van der Waals surface area (Å²) in [6.45, 7) is 1.94. The summed E-state index contributed by atoms with van der Waals surface area (Å²) >= 11 is 0. The minimum Gasteiger partial charge on any atom is -0.454 e. The largest absolute Gasteiger partial charge is 0.454 e. The van der Waals surface area contributed by atoms with Crippen molar-refractivity contribution >= 4 is 12.1 Å². The number of nitrogens with one attached hydrogen (secondary N) is 1.